The number of nitrogens with zero attached hydrogens (tertiary/aromatic N) is 4. The van der Waals surface area contributed by atoms with E-state index in [0.29, 0.717) is 18.8 Å². The zero-order chi connectivity index (χ0) is 14.0. The second-order valence-electron chi connectivity index (χ2n) is 3.92. The summed E-state index contributed by atoms with van der Waals surface area (Å²) in [5.41, 5.74) is 6.01. The predicted octanol–water partition coefficient (Wildman–Crippen LogP) is 0.502. The van der Waals surface area contributed by atoms with E-state index >= 15 is 0 Å². The molecule has 2 rings (SSSR count). The van der Waals surface area contributed by atoms with Gasteiger partial charge >= 0.3 is 0 Å². The molecular formula is C10H16N6O2S. The maximum Gasteiger partial charge on any atom is 0.267 e. The fraction of sp³-hybridized carbons (Fsp3) is 0.400. The van der Waals surface area contributed by atoms with Crippen molar-refractivity contribution in [2.75, 3.05) is 10.5 Å². The maximum absolute atomic E-state index is 12.2. The van der Waals surface area contributed by atoms with E-state index in [4.69, 9.17) is 5.73 Å². The normalized spacial score (nSPS) is 11.7. The second-order valence-corrected chi connectivity index (χ2v) is 5.58. The first kappa shape index (κ1) is 13.4. The fourth-order valence-corrected chi connectivity index (χ4v) is 2.69. The van der Waals surface area contributed by atoms with Crippen molar-refractivity contribution in [3.05, 3.63) is 18.6 Å². The van der Waals surface area contributed by atoms with Crippen molar-refractivity contribution in [2.24, 2.45) is 0 Å². The summed E-state index contributed by atoms with van der Waals surface area (Å²) in [5, 5.41) is 7.91. The van der Waals surface area contributed by atoms with Gasteiger partial charge in [-0.1, -0.05) is 0 Å². The van der Waals surface area contributed by atoms with Crippen LogP contribution >= 0.6 is 0 Å². The van der Waals surface area contributed by atoms with Gasteiger partial charge in [0.25, 0.3) is 10.0 Å². The van der Waals surface area contributed by atoms with Crippen LogP contribution in [-0.4, -0.2) is 28.0 Å². The van der Waals surface area contributed by atoms with Crippen LogP contribution in [0.2, 0.25) is 0 Å². The van der Waals surface area contributed by atoms with Gasteiger partial charge in [0.15, 0.2) is 5.82 Å². The average molecular weight is 284 g/mol. The Morgan fingerprint density at radius 3 is 2.47 bits per heavy atom. The van der Waals surface area contributed by atoms with Gasteiger partial charge in [-0.3, -0.25) is 14.1 Å². The summed E-state index contributed by atoms with van der Waals surface area (Å²) in [6.07, 6.45) is 4.46. The molecule has 0 fully saturated rings. The van der Waals surface area contributed by atoms with Gasteiger partial charge in [-0.15, -0.1) is 0 Å². The Bertz CT molecular complexity index is 672. The summed E-state index contributed by atoms with van der Waals surface area (Å²) >= 11 is 0. The van der Waals surface area contributed by atoms with Crippen LogP contribution in [0.4, 0.5) is 11.5 Å². The first-order chi connectivity index (χ1) is 8.96. The molecule has 2 aromatic heterocycles. The quantitative estimate of drug-likeness (QED) is 0.831. The molecular weight excluding hydrogens is 268 g/mol. The van der Waals surface area contributed by atoms with Gasteiger partial charge in [0.1, 0.15) is 4.90 Å². The molecule has 9 heteroatoms. The molecule has 0 unspecified atom stereocenters. The van der Waals surface area contributed by atoms with Crippen LogP contribution in [0.5, 0.6) is 0 Å². The number of nitrogens with two attached hydrogens (primary N) is 1. The van der Waals surface area contributed by atoms with Crippen LogP contribution in [0, 0.1) is 0 Å². The zero-order valence-electron chi connectivity index (χ0n) is 10.7. The molecule has 0 amide bonds. The summed E-state index contributed by atoms with van der Waals surface area (Å²) in [4.78, 5) is -0.0291. The van der Waals surface area contributed by atoms with E-state index in [1.165, 1.54) is 17.1 Å². The molecule has 0 atom stereocenters. The maximum atomic E-state index is 12.2. The van der Waals surface area contributed by atoms with E-state index in [1.54, 1.807) is 10.9 Å². The number of hydrogen-bond donors (Lipinski definition) is 2. The second kappa shape index (κ2) is 4.92. The van der Waals surface area contributed by atoms with Gasteiger partial charge in [0, 0.05) is 25.5 Å². The van der Waals surface area contributed by atoms with Crippen LogP contribution in [0.25, 0.3) is 0 Å². The number of aryl methyl sites for hydroxylation is 2. The molecule has 0 saturated carbocycles. The lowest BCUT2D eigenvalue weighted by molar-refractivity contribution is 0.600. The molecule has 104 valence electrons. The van der Waals surface area contributed by atoms with Gasteiger partial charge in [0.05, 0.1) is 11.9 Å². The van der Waals surface area contributed by atoms with Crippen LogP contribution < -0.4 is 10.5 Å². The highest BCUT2D eigenvalue weighted by molar-refractivity contribution is 7.92. The number of hydrogen-bond acceptors (Lipinski definition) is 5. The molecule has 0 aliphatic heterocycles. The van der Waals surface area contributed by atoms with Gasteiger partial charge in [-0.05, 0) is 13.8 Å². The molecule has 0 aliphatic carbocycles. The minimum absolute atomic E-state index is 0.0165. The van der Waals surface area contributed by atoms with E-state index in [1.807, 2.05) is 13.8 Å². The predicted molar refractivity (Wildman–Crippen MR) is 71.0 cm³/mol. The molecule has 0 spiro atoms. The Hall–Kier alpha value is -2.03. The van der Waals surface area contributed by atoms with E-state index in [9.17, 15) is 8.42 Å². The average Bonchev–Trinajstić information content (AvgIpc) is 2.95. The highest BCUT2D eigenvalue weighted by atomic mass is 32.2. The number of nitrogens with one attached hydrogen (secondary N) is 1. The molecule has 8 nitrogen and oxygen atoms in total. The number of nitrogen functional groups attached to an aromatic ring is 1. The van der Waals surface area contributed by atoms with Crippen molar-refractivity contribution in [3.63, 3.8) is 0 Å². The number of aromatic nitrogens is 4. The first-order valence-electron chi connectivity index (χ1n) is 5.84. The lowest BCUT2D eigenvalue weighted by Crippen LogP contribution is -2.13. The van der Waals surface area contributed by atoms with Crippen LogP contribution in [-0.2, 0) is 23.1 Å². The third-order valence-electron chi connectivity index (χ3n) is 2.58. The lowest BCUT2D eigenvalue weighted by Gasteiger charge is -2.03. The highest BCUT2D eigenvalue weighted by Gasteiger charge is 2.21. The summed E-state index contributed by atoms with van der Waals surface area (Å²) < 4.78 is 29.9. The Morgan fingerprint density at radius 1 is 1.26 bits per heavy atom. The Labute approximate surface area is 111 Å². The van der Waals surface area contributed by atoms with Crippen LogP contribution in [0.15, 0.2) is 23.5 Å². The molecule has 0 aliphatic rings. The Balaban J connectivity index is 2.29. The topological polar surface area (TPSA) is 108 Å². The van der Waals surface area contributed by atoms with E-state index in [2.05, 4.69) is 14.9 Å². The van der Waals surface area contributed by atoms with Crippen molar-refractivity contribution >= 4 is 21.5 Å². The lowest BCUT2D eigenvalue weighted by atomic mass is 10.6. The van der Waals surface area contributed by atoms with Crippen LogP contribution in [0.3, 0.4) is 0 Å². The van der Waals surface area contributed by atoms with E-state index in [-0.39, 0.29) is 10.7 Å². The van der Waals surface area contributed by atoms with Gasteiger partial charge < -0.3 is 5.73 Å². The Kier molecular flexibility index (Phi) is 3.47. The summed E-state index contributed by atoms with van der Waals surface area (Å²) in [5.74, 6) is -0.0165. The molecule has 0 aromatic carbocycles. The van der Waals surface area contributed by atoms with Crippen molar-refractivity contribution in [2.45, 2.75) is 31.8 Å². The van der Waals surface area contributed by atoms with Gasteiger partial charge in [0.2, 0.25) is 0 Å². The molecule has 19 heavy (non-hydrogen) atoms. The first-order valence-corrected chi connectivity index (χ1v) is 7.32. The van der Waals surface area contributed by atoms with Crippen LogP contribution in [0.1, 0.15) is 13.8 Å². The Morgan fingerprint density at radius 2 is 1.95 bits per heavy atom. The SMILES string of the molecule is CCn1cc(NS(=O)(=O)c2cn(CC)nc2N)cn1. The minimum atomic E-state index is -3.74. The molecule has 2 aromatic rings. The number of anilines is 2. The molecule has 0 radical (unpaired) electrons. The number of sulfonamides is 1. The smallest absolute Gasteiger partial charge is 0.267 e. The van der Waals surface area contributed by atoms with Gasteiger partial charge in [-0.25, -0.2) is 8.42 Å². The minimum Gasteiger partial charge on any atom is -0.381 e. The summed E-state index contributed by atoms with van der Waals surface area (Å²) in [6, 6.07) is 0. The monoisotopic (exact) mass is 284 g/mol. The third-order valence-corrected chi connectivity index (χ3v) is 3.98. The standard InChI is InChI=1S/C10H16N6O2S/c1-3-15-6-8(5-12-15)14-19(17,18)9-7-16(4-2)13-10(9)11/h5-7,14H,3-4H2,1-2H3,(H2,11,13). The van der Waals surface area contributed by atoms with Crippen molar-refractivity contribution < 1.29 is 8.42 Å². The van der Waals surface area contributed by atoms with Gasteiger partial charge in [-0.2, -0.15) is 10.2 Å². The molecule has 0 saturated heterocycles. The highest BCUT2D eigenvalue weighted by Crippen LogP contribution is 2.20. The fourth-order valence-electron chi connectivity index (χ4n) is 1.59. The zero-order valence-corrected chi connectivity index (χ0v) is 11.6. The summed E-state index contributed by atoms with van der Waals surface area (Å²) in [6.45, 7) is 4.97. The largest absolute Gasteiger partial charge is 0.381 e. The van der Waals surface area contributed by atoms with Crippen molar-refractivity contribution in [1.82, 2.24) is 19.6 Å². The third kappa shape index (κ3) is 2.70. The van der Waals surface area contributed by atoms with E-state index < -0.39 is 10.0 Å². The number of rotatable bonds is 5. The summed E-state index contributed by atoms with van der Waals surface area (Å²) in [7, 11) is -3.74. The molecule has 0 bridgehead atoms. The van der Waals surface area contributed by atoms with E-state index in [0.717, 1.165) is 0 Å². The van der Waals surface area contributed by atoms with Crippen molar-refractivity contribution in [1.29, 1.82) is 0 Å². The molecule has 2 heterocycles. The van der Waals surface area contributed by atoms with Crippen molar-refractivity contribution in [3.8, 4) is 0 Å². The molecule has 3 N–H and O–H groups in total.